The number of carbonyl (C=O) groups is 3. The Bertz CT molecular complexity index is 1670. The molecule has 0 radical (unpaired) electrons. The SMILES string of the molecule is CC/C=C\C/C=C\C/C=C\C/C=C\C/C=C\C/C=C\CCCCCCCCCCCCCCC(=O)OCC(COC(=O)CC/C=C\C/C=C\C/C=C\C/C=C\CC)OC(=O)CCCCCCCCCCCCCCCCCCCCC. The summed E-state index contributed by atoms with van der Waals surface area (Å²) in [7, 11) is 0. The lowest BCUT2D eigenvalue weighted by Crippen LogP contribution is -2.30. The van der Waals surface area contributed by atoms with E-state index in [4.69, 9.17) is 14.2 Å². The maximum absolute atomic E-state index is 12.9. The molecule has 0 heterocycles. The number of allylic oxidation sites excluding steroid dienone is 20. The first-order valence-corrected chi connectivity index (χ1v) is 34.0. The molecule has 0 rings (SSSR count). The van der Waals surface area contributed by atoms with Crippen LogP contribution in [0.1, 0.15) is 316 Å². The summed E-state index contributed by atoms with van der Waals surface area (Å²) in [6, 6.07) is 0. The van der Waals surface area contributed by atoms with E-state index in [0.717, 1.165) is 103 Å². The van der Waals surface area contributed by atoms with Gasteiger partial charge in [0.15, 0.2) is 6.10 Å². The number of esters is 3. The Morgan fingerprint density at radius 3 is 0.827 bits per heavy atom. The van der Waals surface area contributed by atoms with Crippen molar-refractivity contribution in [2.45, 2.75) is 322 Å². The number of hydrogen-bond donors (Lipinski definition) is 0. The van der Waals surface area contributed by atoms with Gasteiger partial charge < -0.3 is 14.2 Å². The van der Waals surface area contributed by atoms with E-state index >= 15 is 0 Å². The highest BCUT2D eigenvalue weighted by molar-refractivity contribution is 5.71. The number of unbranched alkanes of at least 4 members (excludes halogenated alkanes) is 30. The second-order valence-electron chi connectivity index (χ2n) is 22.3. The Balaban J connectivity index is 4.28. The Hall–Kier alpha value is -4.19. The first-order chi connectivity index (χ1) is 40.0. The van der Waals surface area contributed by atoms with Gasteiger partial charge in [-0.2, -0.15) is 0 Å². The molecule has 1 unspecified atom stereocenters. The van der Waals surface area contributed by atoms with Crippen molar-refractivity contribution in [1.29, 1.82) is 0 Å². The van der Waals surface area contributed by atoms with E-state index in [2.05, 4.69) is 136 Å². The maximum atomic E-state index is 12.9. The molecule has 0 saturated carbocycles. The molecule has 1 atom stereocenters. The lowest BCUT2D eigenvalue weighted by Gasteiger charge is -2.18. The van der Waals surface area contributed by atoms with Gasteiger partial charge >= 0.3 is 17.9 Å². The van der Waals surface area contributed by atoms with E-state index in [0.29, 0.717) is 19.3 Å². The van der Waals surface area contributed by atoms with E-state index in [1.54, 1.807) is 0 Å². The predicted octanol–water partition coefficient (Wildman–Crippen LogP) is 23.6. The quantitative estimate of drug-likeness (QED) is 0.0261. The number of carbonyl (C=O) groups excluding carboxylic acids is 3. The summed E-state index contributed by atoms with van der Waals surface area (Å²) < 4.78 is 16.9. The van der Waals surface area contributed by atoms with Crippen LogP contribution < -0.4 is 0 Å². The van der Waals surface area contributed by atoms with Crippen molar-refractivity contribution in [2.24, 2.45) is 0 Å². The van der Waals surface area contributed by atoms with E-state index in [1.807, 2.05) is 6.08 Å². The van der Waals surface area contributed by atoms with Crippen LogP contribution in [0.2, 0.25) is 0 Å². The smallest absolute Gasteiger partial charge is 0.306 e. The molecule has 6 heteroatoms. The van der Waals surface area contributed by atoms with Crippen LogP contribution >= 0.6 is 0 Å². The molecule has 0 amide bonds. The minimum atomic E-state index is -0.809. The molecule has 6 nitrogen and oxygen atoms in total. The molecule has 0 bridgehead atoms. The fourth-order valence-electron chi connectivity index (χ4n) is 9.46. The van der Waals surface area contributed by atoms with E-state index < -0.39 is 6.10 Å². The lowest BCUT2D eigenvalue weighted by molar-refractivity contribution is -0.166. The van der Waals surface area contributed by atoms with Gasteiger partial charge in [-0.05, 0) is 96.3 Å². The minimum absolute atomic E-state index is 0.0998. The van der Waals surface area contributed by atoms with Crippen LogP contribution in [0.15, 0.2) is 122 Å². The van der Waals surface area contributed by atoms with E-state index in [1.165, 1.54) is 167 Å². The Morgan fingerprint density at radius 1 is 0.259 bits per heavy atom. The lowest BCUT2D eigenvalue weighted by atomic mass is 10.0. The summed E-state index contributed by atoms with van der Waals surface area (Å²) in [4.78, 5) is 38.3. The molecule has 0 N–H and O–H groups in total. The molecule has 81 heavy (non-hydrogen) atoms. The molecule has 0 aromatic rings. The number of hydrogen-bond acceptors (Lipinski definition) is 6. The zero-order valence-corrected chi connectivity index (χ0v) is 53.0. The van der Waals surface area contributed by atoms with Crippen molar-refractivity contribution < 1.29 is 28.6 Å². The first-order valence-electron chi connectivity index (χ1n) is 34.0. The highest BCUT2D eigenvalue weighted by Crippen LogP contribution is 2.17. The molecule has 0 aromatic heterocycles. The van der Waals surface area contributed by atoms with E-state index in [-0.39, 0.29) is 37.5 Å². The molecule has 0 aromatic carbocycles. The van der Waals surface area contributed by atoms with Crippen LogP contribution in [-0.4, -0.2) is 37.2 Å². The van der Waals surface area contributed by atoms with Gasteiger partial charge in [0, 0.05) is 19.3 Å². The van der Waals surface area contributed by atoms with Gasteiger partial charge in [0.2, 0.25) is 0 Å². The van der Waals surface area contributed by atoms with Gasteiger partial charge in [0.25, 0.3) is 0 Å². The molecule has 462 valence electrons. The summed E-state index contributed by atoms with van der Waals surface area (Å²) in [6.07, 6.45) is 95.2. The average molecular weight is 1120 g/mol. The van der Waals surface area contributed by atoms with Gasteiger partial charge in [-0.3, -0.25) is 14.4 Å². The van der Waals surface area contributed by atoms with Gasteiger partial charge in [-0.1, -0.05) is 322 Å². The van der Waals surface area contributed by atoms with Gasteiger partial charge in [-0.15, -0.1) is 0 Å². The molecule has 0 aliphatic heterocycles. The Labute approximate surface area is 501 Å². The fourth-order valence-corrected chi connectivity index (χ4v) is 9.46. The van der Waals surface area contributed by atoms with Crippen molar-refractivity contribution in [2.75, 3.05) is 13.2 Å². The molecule has 0 aliphatic carbocycles. The highest BCUT2D eigenvalue weighted by Gasteiger charge is 2.19. The number of rotatable bonds is 61. The Kier molecular flexibility index (Phi) is 64.8. The average Bonchev–Trinajstić information content (AvgIpc) is 3.46. The number of ether oxygens (including phenoxy) is 3. The topological polar surface area (TPSA) is 78.9 Å². The molecule has 0 aliphatic rings. The molecule has 0 spiro atoms. The fraction of sp³-hybridized carbons (Fsp3) is 0.693. The second kappa shape index (κ2) is 68.3. The molecular formula is C75H126O6. The van der Waals surface area contributed by atoms with Crippen molar-refractivity contribution in [3.63, 3.8) is 0 Å². The molecule has 0 saturated heterocycles. The summed E-state index contributed by atoms with van der Waals surface area (Å²) >= 11 is 0. The Morgan fingerprint density at radius 2 is 0.506 bits per heavy atom. The summed E-state index contributed by atoms with van der Waals surface area (Å²) in [6.45, 7) is 6.38. The third kappa shape index (κ3) is 66.5. The zero-order chi connectivity index (χ0) is 58.5. The normalized spacial score (nSPS) is 12.9. The van der Waals surface area contributed by atoms with Gasteiger partial charge in [0.05, 0.1) is 0 Å². The second-order valence-corrected chi connectivity index (χ2v) is 22.3. The van der Waals surface area contributed by atoms with Crippen LogP contribution in [0.4, 0.5) is 0 Å². The van der Waals surface area contributed by atoms with Crippen LogP contribution in [0.25, 0.3) is 0 Å². The van der Waals surface area contributed by atoms with Crippen molar-refractivity contribution in [3.05, 3.63) is 122 Å². The zero-order valence-electron chi connectivity index (χ0n) is 53.0. The molecular weight excluding hydrogens is 997 g/mol. The predicted molar refractivity (Wildman–Crippen MR) is 353 cm³/mol. The first kappa shape index (κ1) is 76.8. The molecule has 0 fully saturated rings. The van der Waals surface area contributed by atoms with Gasteiger partial charge in [0.1, 0.15) is 13.2 Å². The summed E-state index contributed by atoms with van der Waals surface area (Å²) in [5.74, 6) is -0.975. The monoisotopic (exact) mass is 1120 g/mol. The van der Waals surface area contributed by atoms with Crippen molar-refractivity contribution in [3.8, 4) is 0 Å². The highest BCUT2D eigenvalue weighted by atomic mass is 16.6. The minimum Gasteiger partial charge on any atom is -0.462 e. The summed E-state index contributed by atoms with van der Waals surface area (Å²) in [5, 5.41) is 0. The largest absolute Gasteiger partial charge is 0.462 e. The summed E-state index contributed by atoms with van der Waals surface area (Å²) in [5.41, 5.74) is 0. The maximum Gasteiger partial charge on any atom is 0.306 e. The third-order valence-corrected chi connectivity index (χ3v) is 14.5. The van der Waals surface area contributed by atoms with Crippen LogP contribution in [0, 0.1) is 0 Å². The van der Waals surface area contributed by atoms with Crippen molar-refractivity contribution in [1.82, 2.24) is 0 Å². The third-order valence-electron chi connectivity index (χ3n) is 14.5. The van der Waals surface area contributed by atoms with E-state index in [9.17, 15) is 14.4 Å². The van der Waals surface area contributed by atoms with Crippen LogP contribution in [0.3, 0.4) is 0 Å². The van der Waals surface area contributed by atoms with Crippen molar-refractivity contribution >= 4 is 17.9 Å². The standard InChI is InChI=1S/C75H126O6/c1-4-7-10-13-16-19-22-25-27-29-31-32-33-34-35-36-37-38-39-40-41-42-44-45-47-50-53-56-59-62-65-68-74(77)80-71-72(70-79-73(76)67-64-61-58-55-52-49-24-21-18-15-12-9-6-3)81-75(78)69-66-63-60-57-54-51-48-46-43-30-28-26-23-20-17-14-11-8-5-2/h7,9-10,12,16,18-19,21,25,27,31-32,34-35,37-38,49,52,58,61,72H,4-6,8,11,13-15,17,20,22-24,26,28-30,33,36,39-48,50-51,53-57,59-60,62-71H2,1-3H3/b10-7-,12-9-,19-16-,21-18-,27-25-,32-31-,35-34-,38-37-,52-49-,61-58-. The van der Waals surface area contributed by atoms with Gasteiger partial charge in [-0.25, -0.2) is 0 Å². The van der Waals surface area contributed by atoms with Crippen LogP contribution in [-0.2, 0) is 28.6 Å². The van der Waals surface area contributed by atoms with Crippen LogP contribution in [0.5, 0.6) is 0 Å².